The maximum atomic E-state index is 6.23. The normalized spacial score (nSPS) is 17.9. The Morgan fingerprint density at radius 3 is 2.64 bits per heavy atom. The van der Waals surface area contributed by atoms with E-state index in [4.69, 9.17) is 21.3 Å². The Labute approximate surface area is 172 Å². The zero-order valence-electron chi connectivity index (χ0n) is 16.5. The predicted octanol–water partition coefficient (Wildman–Crippen LogP) is 6.17. The minimum Gasteiger partial charge on any atom is -0.377 e. The van der Waals surface area contributed by atoms with Crippen LogP contribution in [0.15, 0.2) is 60.8 Å². The van der Waals surface area contributed by atoms with Gasteiger partial charge in [-0.15, -0.1) is 0 Å². The summed E-state index contributed by atoms with van der Waals surface area (Å²) in [6, 6.07) is 18.5. The Balaban J connectivity index is 1.77. The minimum atomic E-state index is 0.240. The van der Waals surface area contributed by atoms with Gasteiger partial charge in [0, 0.05) is 35.9 Å². The Morgan fingerprint density at radius 1 is 1.14 bits per heavy atom. The zero-order chi connectivity index (χ0) is 19.5. The van der Waals surface area contributed by atoms with E-state index in [0.29, 0.717) is 5.92 Å². The molecule has 1 aliphatic heterocycles. The van der Waals surface area contributed by atoms with Crippen LogP contribution >= 0.6 is 11.6 Å². The summed E-state index contributed by atoms with van der Waals surface area (Å²) >= 11 is 6.23. The van der Waals surface area contributed by atoms with Crippen molar-refractivity contribution in [3.05, 3.63) is 77.2 Å². The highest BCUT2D eigenvalue weighted by molar-refractivity contribution is 6.30. The molecular formula is C24H27ClN2O. The highest BCUT2D eigenvalue weighted by Crippen LogP contribution is 2.36. The van der Waals surface area contributed by atoms with E-state index < -0.39 is 0 Å². The van der Waals surface area contributed by atoms with Crippen molar-refractivity contribution >= 4 is 11.6 Å². The zero-order valence-corrected chi connectivity index (χ0v) is 17.3. The summed E-state index contributed by atoms with van der Waals surface area (Å²) in [6.07, 6.45) is 4.64. The van der Waals surface area contributed by atoms with Crippen molar-refractivity contribution in [2.45, 2.75) is 45.3 Å². The Bertz CT molecular complexity index is 913. The van der Waals surface area contributed by atoms with E-state index in [-0.39, 0.29) is 12.0 Å². The fraction of sp³-hybridized carbons (Fsp3) is 0.375. The molecular weight excluding hydrogens is 368 g/mol. The van der Waals surface area contributed by atoms with Gasteiger partial charge < -0.3 is 9.30 Å². The van der Waals surface area contributed by atoms with Crippen LogP contribution in [0.3, 0.4) is 0 Å². The minimum absolute atomic E-state index is 0.240. The molecule has 4 rings (SSSR count). The van der Waals surface area contributed by atoms with E-state index in [0.717, 1.165) is 48.1 Å². The van der Waals surface area contributed by atoms with E-state index >= 15 is 0 Å². The molecule has 0 saturated carbocycles. The van der Waals surface area contributed by atoms with Gasteiger partial charge in [0.05, 0.1) is 11.8 Å². The smallest absolute Gasteiger partial charge is 0.115 e. The van der Waals surface area contributed by atoms with Gasteiger partial charge in [0.2, 0.25) is 0 Å². The molecule has 3 nitrogen and oxygen atoms in total. The number of benzene rings is 2. The quantitative estimate of drug-likeness (QED) is 0.499. The summed E-state index contributed by atoms with van der Waals surface area (Å²) < 4.78 is 8.40. The van der Waals surface area contributed by atoms with Gasteiger partial charge in [0.1, 0.15) is 5.82 Å². The Kier molecular flexibility index (Phi) is 5.84. The highest BCUT2D eigenvalue weighted by Gasteiger charge is 2.33. The first-order valence-electron chi connectivity index (χ1n) is 10.1. The first kappa shape index (κ1) is 19.2. The summed E-state index contributed by atoms with van der Waals surface area (Å²) in [5.41, 5.74) is 3.29. The maximum absolute atomic E-state index is 6.23. The number of rotatable bonds is 6. The number of imidazole rings is 1. The second kappa shape index (κ2) is 8.50. The summed E-state index contributed by atoms with van der Waals surface area (Å²) in [5.74, 6) is 1.84. The van der Waals surface area contributed by atoms with Crippen LogP contribution in [0, 0.1) is 5.92 Å². The molecule has 0 N–H and O–H groups in total. The van der Waals surface area contributed by atoms with Gasteiger partial charge in [-0.05, 0) is 36.5 Å². The second-order valence-electron chi connectivity index (χ2n) is 7.93. The largest absolute Gasteiger partial charge is 0.377 e. The molecule has 2 heterocycles. The fourth-order valence-electron chi connectivity index (χ4n) is 4.17. The lowest BCUT2D eigenvalue weighted by Crippen LogP contribution is -2.26. The SMILES string of the molecule is CC(C)[C@H](c1nc(-c2cccc(Cl)c2)cn1Cc1ccccc1)C1CCCO1. The van der Waals surface area contributed by atoms with Crippen LogP contribution < -0.4 is 0 Å². The van der Waals surface area contributed by atoms with Crippen molar-refractivity contribution in [3.8, 4) is 11.3 Å². The molecule has 1 aliphatic rings. The van der Waals surface area contributed by atoms with Crippen LogP contribution in [-0.2, 0) is 11.3 Å². The third kappa shape index (κ3) is 4.16. The van der Waals surface area contributed by atoms with E-state index in [1.165, 1.54) is 5.56 Å². The van der Waals surface area contributed by atoms with Gasteiger partial charge in [-0.25, -0.2) is 4.98 Å². The number of ether oxygens (including phenoxy) is 1. The molecule has 1 fully saturated rings. The standard InChI is InChI=1S/C24H27ClN2O/c1-17(2)23(22-12-7-13-28-22)24-26-21(19-10-6-11-20(25)14-19)16-27(24)15-18-8-4-3-5-9-18/h3-6,8-11,14,16-17,22-23H,7,12-13,15H2,1-2H3/t22?,23-/m0/s1. The number of halogens is 1. The summed E-state index contributed by atoms with van der Waals surface area (Å²) in [5, 5.41) is 0.733. The number of hydrogen-bond donors (Lipinski definition) is 0. The van der Waals surface area contributed by atoms with Crippen molar-refractivity contribution in [2.24, 2.45) is 5.92 Å². The molecule has 0 bridgehead atoms. The lowest BCUT2D eigenvalue weighted by atomic mass is 9.88. The second-order valence-corrected chi connectivity index (χ2v) is 8.37. The van der Waals surface area contributed by atoms with Crippen molar-refractivity contribution in [2.75, 3.05) is 6.61 Å². The lowest BCUT2D eigenvalue weighted by Gasteiger charge is -2.27. The molecule has 0 aliphatic carbocycles. The number of aromatic nitrogens is 2. The van der Waals surface area contributed by atoms with E-state index in [1.807, 2.05) is 18.2 Å². The lowest BCUT2D eigenvalue weighted by molar-refractivity contribution is 0.0710. The predicted molar refractivity (Wildman–Crippen MR) is 115 cm³/mol. The molecule has 2 atom stereocenters. The first-order valence-corrected chi connectivity index (χ1v) is 10.5. The molecule has 1 saturated heterocycles. The van der Waals surface area contributed by atoms with E-state index in [9.17, 15) is 0 Å². The van der Waals surface area contributed by atoms with Gasteiger partial charge in [0.25, 0.3) is 0 Å². The first-order chi connectivity index (χ1) is 13.6. The van der Waals surface area contributed by atoms with E-state index in [2.05, 4.69) is 61.0 Å². The number of hydrogen-bond acceptors (Lipinski definition) is 2. The average Bonchev–Trinajstić information content (AvgIpc) is 3.34. The number of nitrogens with zero attached hydrogens (tertiary/aromatic N) is 2. The van der Waals surface area contributed by atoms with Gasteiger partial charge >= 0.3 is 0 Å². The summed E-state index contributed by atoms with van der Waals surface area (Å²) in [4.78, 5) is 5.11. The fourth-order valence-corrected chi connectivity index (χ4v) is 4.36. The van der Waals surface area contributed by atoms with Gasteiger partial charge in [-0.3, -0.25) is 0 Å². The molecule has 3 aromatic rings. The van der Waals surface area contributed by atoms with Crippen LogP contribution in [0.25, 0.3) is 11.3 Å². The van der Waals surface area contributed by atoms with Crippen LogP contribution in [0.4, 0.5) is 0 Å². The third-order valence-corrected chi connectivity index (χ3v) is 5.74. The Hall–Kier alpha value is -2.10. The third-order valence-electron chi connectivity index (χ3n) is 5.51. The molecule has 2 aromatic carbocycles. The van der Waals surface area contributed by atoms with Crippen molar-refractivity contribution < 1.29 is 4.74 Å². The topological polar surface area (TPSA) is 27.1 Å². The molecule has 0 spiro atoms. The van der Waals surface area contributed by atoms with Crippen LogP contribution in [-0.4, -0.2) is 22.3 Å². The van der Waals surface area contributed by atoms with Crippen molar-refractivity contribution in [1.82, 2.24) is 9.55 Å². The molecule has 146 valence electrons. The molecule has 0 amide bonds. The van der Waals surface area contributed by atoms with Crippen LogP contribution in [0.2, 0.25) is 5.02 Å². The molecule has 0 radical (unpaired) electrons. The van der Waals surface area contributed by atoms with Crippen LogP contribution in [0.5, 0.6) is 0 Å². The van der Waals surface area contributed by atoms with E-state index in [1.54, 1.807) is 0 Å². The van der Waals surface area contributed by atoms with Crippen molar-refractivity contribution in [1.29, 1.82) is 0 Å². The monoisotopic (exact) mass is 394 g/mol. The molecule has 28 heavy (non-hydrogen) atoms. The molecule has 1 aromatic heterocycles. The van der Waals surface area contributed by atoms with Gasteiger partial charge in [-0.2, -0.15) is 0 Å². The van der Waals surface area contributed by atoms with Crippen molar-refractivity contribution in [3.63, 3.8) is 0 Å². The average molecular weight is 395 g/mol. The summed E-state index contributed by atoms with van der Waals surface area (Å²) in [7, 11) is 0. The van der Waals surface area contributed by atoms with Gasteiger partial charge in [0.15, 0.2) is 0 Å². The van der Waals surface area contributed by atoms with Crippen LogP contribution in [0.1, 0.15) is 44.0 Å². The maximum Gasteiger partial charge on any atom is 0.115 e. The summed E-state index contributed by atoms with van der Waals surface area (Å²) in [6.45, 7) is 6.20. The van der Waals surface area contributed by atoms with Gasteiger partial charge in [-0.1, -0.05) is 67.9 Å². The molecule has 4 heteroatoms. The molecule has 1 unspecified atom stereocenters. The highest BCUT2D eigenvalue weighted by atomic mass is 35.5. The Morgan fingerprint density at radius 2 is 1.96 bits per heavy atom.